The Morgan fingerprint density at radius 3 is 2.41 bits per heavy atom. The van der Waals surface area contributed by atoms with E-state index in [2.05, 4.69) is 4.98 Å². The number of hydrogen-bond acceptors (Lipinski definition) is 3. The summed E-state index contributed by atoms with van der Waals surface area (Å²) >= 11 is 6.26. The van der Waals surface area contributed by atoms with Crippen LogP contribution in [0.4, 0.5) is 5.82 Å². The fourth-order valence-corrected chi connectivity index (χ4v) is 2.75. The Morgan fingerprint density at radius 2 is 1.86 bits per heavy atom. The predicted molar refractivity (Wildman–Crippen MR) is 89.9 cm³/mol. The second-order valence-corrected chi connectivity index (χ2v) is 5.37. The summed E-state index contributed by atoms with van der Waals surface area (Å²) in [6.07, 6.45) is 0. The van der Waals surface area contributed by atoms with E-state index in [1.165, 1.54) is 0 Å². The summed E-state index contributed by atoms with van der Waals surface area (Å²) in [4.78, 5) is 18.3. The maximum absolute atomic E-state index is 11.9. The Morgan fingerprint density at radius 1 is 1.23 bits per heavy atom. The molecule has 2 rings (SSSR count). The largest absolute Gasteiger partial charge is 0.478 e. The minimum absolute atomic E-state index is 0.197. The Bertz CT molecular complexity index is 697. The zero-order chi connectivity index (χ0) is 16.3. The lowest BCUT2D eigenvalue weighted by molar-refractivity contribution is 0.0698. The molecule has 0 saturated carbocycles. The van der Waals surface area contributed by atoms with E-state index in [0.29, 0.717) is 35.1 Å². The number of anilines is 1. The van der Waals surface area contributed by atoms with Crippen LogP contribution < -0.4 is 4.90 Å². The van der Waals surface area contributed by atoms with E-state index in [1.807, 2.05) is 43.9 Å². The number of benzene rings is 1. The van der Waals surface area contributed by atoms with Crippen LogP contribution in [0.1, 0.15) is 29.9 Å². The van der Waals surface area contributed by atoms with Crippen molar-refractivity contribution >= 4 is 23.4 Å². The topological polar surface area (TPSA) is 53.4 Å². The third-order valence-corrected chi connectivity index (χ3v) is 3.90. The maximum Gasteiger partial charge on any atom is 0.340 e. The van der Waals surface area contributed by atoms with Crippen molar-refractivity contribution in [3.63, 3.8) is 0 Å². The highest BCUT2D eigenvalue weighted by Crippen LogP contribution is 2.35. The van der Waals surface area contributed by atoms with E-state index >= 15 is 0 Å². The van der Waals surface area contributed by atoms with Gasteiger partial charge in [0.1, 0.15) is 11.4 Å². The van der Waals surface area contributed by atoms with Crippen molar-refractivity contribution in [2.75, 3.05) is 18.0 Å². The Labute approximate surface area is 135 Å². The third-order valence-electron chi connectivity index (χ3n) is 3.57. The maximum atomic E-state index is 11.9. The van der Waals surface area contributed by atoms with Crippen LogP contribution in [0.2, 0.25) is 5.02 Å². The molecule has 5 heteroatoms. The van der Waals surface area contributed by atoms with Crippen LogP contribution in [0.5, 0.6) is 0 Å². The minimum Gasteiger partial charge on any atom is -0.478 e. The van der Waals surface area contributed by atoms with Crippen LogP contribution in [0.15, 0.2) is 30.3 Å². The molecule has 22 heavy (non-hydrogen) atoms. The van der Waals surface area contributed by atoms with Crippen molar-refractivity contribution < 1.29 is 9.90 Å². The molecule has 0 spiro atoms. The first-order chi connectivity index (χ1) is 10.5. The molecule has 1 aromatic heterocycles. The quantitative estimate of drug-likeness (QED) is 0.895. The normalized spacial score (nSPS) is 10.5. The fourth-order valence-electron chi connectivity index (χ4n) is 2.51. The Hall–Kier alpha value is -2.07. The number of pyridine rings is 1. The van der Waals surface area contributed by atoms with Gasteiger partial charge in [0.25, 0.3) is 0 Å². The molecule has 1 N–H and O–H groups in total. The van der Waals surface area contributed by atoms with Crippen LogP contribution in [0.25, 0.3) is 11.1 Å². The zero-order valence-corrected chi connectivity index (χ0v) is 13.7. The first-order valence-electron chi connectivity index (χ1n) is 7.24. The summed E-state index contributed by atoms with van der Waals surface area (Å²) in [6.45, 7) is 7.20. The van der Waals surface area contributed by atoms with E-state index in [9.17, 15) is 9.90 Å². The van der Waals surface area contributed by atoms with Gasteiger partial charge in [0.2, 0.25) is 0 Å². The number of halogens is 1. The van der Waals surface area contributed by atoms with Crippen LogP contribution in [0, 0.1) is 6.92 Å². The van der Waals surface area contributed by atoms with Gasteiger partial charge in [-0.3, -0.25) is 0 Å². The van der Waals surface area contributed by atoms with Gasteiger partial charge in [0.15, 0.2) is 0 Å². The number of rotatable bonds is 5. The third kappa shape index (κ3) is 3.07. The highest BCUT2D eigenvalue weighted by atomic mass is 35.5. The van der Waals surface area contributed by atoms with Gasteiger partial charge in [-0.1, -0.05) is 29.8 Å². The van der Waals surface area contributed by atoms with Crippen molar-refractivity contribution in [1.29, 1.82) is 0 Å². The zero-order valence-electron chi connectivity index (χ0n) is 12.9. The number of aryl methyl sites for hydroxylation is 1. The van der Waals surface area contributed by atoms with Crippen molar-refractivity contribution in [1.82, 2.24) is 4.98 Å². The molecule has 4 nitrogen and oxygen atoms in total. The summed E-state index contributed by atoms with van der Waals surface area (Å²) in [7, 11) is 0. The van der Waals surface area contributed by atoms with Gasteiger partial charge in [0.05, 0.1) is 0 Å². The van der Waals surface area contributed by atoms with Gasteiger partial charge in [-0.05, 0) is 32.9 Å². The molecule has 0 aliphatic carbocycles. The molecule has 0 bridgehead atoms. The van der Waals surface area contributed by atoms with Gasteiger partial charge in [-0.25, -0.2) is 9.78 Å². The van der Waals surface area contributed by atoms with E-state index in [4.69, 9.17) is 11.6 Å². The lowest BCUT2D eigenvalue weighted by Gasteiger charge is -2.24. The Kier molecular flexibility index (Phi) is 5.03. The number of aromatic nitrogens is 1. The number of carboxylic acids is 1. The average molecular weight is 319 g/mol. The van der Waals surface area contributed by atoms with Crippen molar-refractivity contribution in [3.8, 4) is 11.1 Å². The highest BCUT2D eigenvalue weighted by molar-refractivity contribution is 6.33. The van der Waals surface area contributed by atoms with Crippen molar-refractivity contribution in [2.45, 2.75) is 20.8 Å². The van der Waals surface area contributed by atoms with Crippen LogP contribution in [0.3, 0.4) is 0 Å². The first-order valence-corrected chi connectivity index (χ1v) is 7.62. The van der Waals surface area contributed by atoms with E-state index in [0.717, 1.165) is 5.69 Å². The Balaban J connectivity index is 2.79. The molecule has 0 amide bonds. The second kappa shape index (κ2) is 6.79. The molecular weight excluding hydrogens is 300 g/mol. The molecule has 0 radical (unpaired) electrons. The smallest absolute Gasteiger partial charge is 0.340 e. The minimum atomic E-state index is -0.996. The molecule has 2 aromatic rings. The SMILES string of the molecule is CCN(CC)c1nc(C)cc(-c2ccccc2Cl)c1C(=O)O. The summed E-state index contributed by atoms with van der Waals surface area (Å²) in [6, 6.07) is 9.04. The molecule has 1 heterocycles. The van der Waals surface area contributed by atoms with Gasteiger partial charge in [-0.2, -0.15) is 0 Å². The molecule has 0 aliphatic heterocycles. The summed E-state index contributed by atoms with van der Waals surface area (Å²) in [5, 5.41) is 10.2. The monoisotopic (exact) mass is 318 g/mol. The highest BCUT2D eigenvalue weighted by Gasteiger charge is 2.23. The molecule has 116 valence electrons. The number of aromatic carboxylic acids is 1. The van der Waals surface area contributed by atoms with Crippen molar-refractivity contribution in [2.24, 2.45) is 0 Å². The van der Waals surface area contributed by atoms with Gasteiger partial charge < -0.3 is 10.0 Å². The fraction of sp³-hybridized carbons (Fsp3) is 0.294. The van der Waals surface area contributed by atoms with Crippen molar-refractivity contribution in [3.05, 3.63) is 46.6 Å². The summed E-state index contributed by atoms with van der Waals surface area (Å²) in [5.41, 5.74) is 2.28. The molecule has 0 aliphatic rings. The van der Waals surface area contributed by atoms with Crippen LogP contribution >= 0.6 is 11.6 Å². The second-order valence-electron chi connectivity index (χ2n) is 4.97. The summed E-state index contributed by atoms with van der Waals surface area (Å²) in [5.74, 6) is -0.503. The molecule has 0 unspecified atom stereocenters. The predicted octanol–water partition coefficient (Wildman–Crippen LogP) is 4.25. The number of hydrogen-bond donors (Lipinski definition) is 1. The summed E-state index contributed by atoms with van der Waals surface area (Å²) < 4.78 is 0. The van der Waals surface area contributed by atoms with E-state index in [-0.39, 0.29) is 5.56 Å². The number of carboxylic acid groups (broad SMARTS) is 1. The average Bonchev–Trinajstić information content (AvgIpc) is 2.48. The van der Waals surface area contributed by atoms with E-state index in [1.54, 1.807) is 12.1 Å². The molecular formula is C17H19ClN2O2. The van der Waals surface area contributed by atoms with Gasteiger partial charge in [0, 0.05) is 34.9 Å². The van der Waals surface area contributed by atoms with Gasteiger partial charge in [-0.15, -0.1) is 0 Å². The lowest BCUT2D eigenvalue weighted by Crippen LogP contribution is -2.26. The van der Waals surface area contributed by atoms with E-state index < -0.39 is 5.97 Å². The standard InChI is InChI=1S/C17H19ClN2O2/c1-4-20(5-2)16-15(17(21)22)13(10-11(3)19-16)12-8-6-7-9-14(12)18/h6-10H,4-5H2,1-3H3,(H,21,22). The molecule has 0 saturated heterocycles. The number of nitrogens with zero attached hydrogens (tertiary/aromatic N) is 2. The lowest BCUT2D eigenvalue weighted by atomic mass is 9.99. The van der Waals surface area contributed by atoms with Gasteiger partial charge >= 0.3 is 5.97 Å². The molecule has 0 atom stereocenters. The molecule has 0 fully saturated rings. The van der Waals surface area contributed by atoms with Crippen LogP contribution in [-0.2, 0) is 0 Å². The molecule has 1 aromatic carbocycles. The first kappa shape index (κ1) is 16.3. The number of carbonyl (C=O) groups is 1. The van der Waals surface area contributed by atoms with Crippen LogP contribution in [-0.4, -0.2) is 29.1 Å².